The number of aromatic nitrogens is 2. The Bertz CT molecular complexity index is 747. The van der Waals surface area contributed by atoms with Crippen LogP contribution in [-0.2, 0) is 6.54 Å². The summed E-state index contributed by atoms with van der Waals surface area (Å²) in [6.07, 6.45) is 8.15. The van der Waals surface area contributed by atoms with Gasteiger partial charge in [-0.3, -0.25) is 9.59 Å². The first-order valence-corrected chi connectivity index (χ1v) is 9.15. The van der Waals surface area contributed by atoms with Crippen molar-refractivity contribution >= 4 is 5.91 Å². The van der Waals surface area contributed by atoms with Gasteiger partial charge in [-0.15, -0.1) is 0 Å². The maximum atomic E-state index is 12.5. The number of benzene rings is 1. The van der Waals surface area contributed by atoms with Gasteiger partial charge in [0.1, 0.15) is 5.69 Å². The SMILES string of the molecule is O=C(NC1CCCCCCC1)c1ccc(=O)n(Cc2ccccc2)n1. The molecule has 5 nitrogen and oxygen atoms in total. The molecule has 1 amide bonds. The van der Waals surface area contributed by atoms with Crippen LogP contribution in [0.2, 0.25) is 0 Å². The van der Waals surface area contributed by atoms with Gasteiger partial charge in [-0.2, -0.15) is 5.10 Å². The number of hydrogen-bond donors (Lipinski definition) is 1. The average Bonchev–Trinajstić information content (AvgIpc) is 2.60. The molecule has 1 fully saturated rings. The van der Waals surface area contributed by atoms with Gasteiger partial charge < -0.3 is 5.32 Å². The molecule has 0 spiro atoms. The molecule has 0 radical (unpaired) electrons. The van der Waals surface area contributed by atoms with E-state index in [2.05, 4.69) is 10.4 Å². The van der Waals surface area contributed by atoms with E-state index in [1.54, 1.807) is 0 Å². The van der Waals surface area contributed by atoms with E-state index >= 15 is 0 Å². The average molecular weight is 339 g/mol. The van der Waals surface area contributed by atoms with Crippen molar-refractivity contribution in [3.63, 3.8) is 0 Å². The molecular weight excluding hydrogens is 314 g/mol. The molecule has 0 bridgehead atoms. The zero-order valence-corrected chi connectivity index (χ0v) is 14.5. The molecule has 132 valence electrons. The summed E-state index contributed by atoms with van der Waals surface area (Å²) in [4.78, 5) is 24.6. The zero-order chi connectivity index (χ0) is 17.5. The van der Waals surface area contributed by atoms with Gasteiger partial charge >= 0.3 is 0 Å². The molecular formula is C20H25N3O2. The van der Waals surface area contributed by atoms with Gasteiger partial charge in [0, 0.05) is 12.1 Å². The fourth-order valence-electron chi connectivity index (χ4n) is 3.30. The van der Waals surface area contributed by atoms with Crippen molar-refractivity contribution in [2.24, 2.45) is 0 Å². The molecule has 1 N–H and O–H groups in total. The second kappa shape index (κ2) is 8.60. The highest BCUT2D eigenvalue weighted by Gasteiger charge is 2.16. The number of amides is 1. The number of nitrogens with zero attached hydrogens (tertiary/aromatic N) is 2. The Kier molecular flexibility index (Phi) is 5.99. The van der Waals surface area contributed by atoms with Crippen LogP contribution in [0.5, 0.6) is 0 Å². The lowest BCUT2D eigenvalue weighted by molar-refractivity contribution is 0.0923. The Morgan fingerprint density at radius 1 is 1.00 bits per heavy atom. The molecule has 1 aromatic heterocycles. The summed E-state index contributed by atoms with van der Waals surface area (Å²) < 4.78 is 1.35. The molecule has 0 aliphatic heterocycles. The first-order valence-electron chi connectivity index (χ1n) is 9.15. The fraction of sp³-hybridized carbons (Fsp3) is 0.450. The fourth-order valence-corrected chi connectivity index (χ4v) is 3.30. The van der Waals surface area contributed by atoms with Crippen LogP contribution in [0.3, 0.4) is 0 Å². The number of hydrogen-bond acceptors (Lipinski definition) is 3. The first-order chi connectivity index (χ1) is 12.2. The lowest BCUT2D eigenvalue weighted by Gasteiger charge is -2.20. The van der Waals surface area contributed by atoms with E-state index in [0.717, 1.165) is 31.2 Å². The van der Waals surface area contributed by atoms with Crippen molar-refractivity contribution in [2.75, 3.05) is 0 Å². The molecule has 1 saturated carbocycles. The third-order valence-corrected chi connectivity index (χ3v) is 4.71. The predicted octanol–water partition coefficient (Wildman–Crippen LogP) is 3.13. The van der Waals surface area contributed by atoms with Crippen molar-refractivity contribution in [1.29, 1.82) is 0 Å². The van der Waals surface area contributed by atoms with E-state index in [0.29, 0.717) is 12.2 Å². The smallest absolute Gasteiger partial charge is 0.271 e. The Labute approximate surface area is 148 Å². The largest absolute Gasteiger partial charge is 0.348 e. The van der Waals surface area contributed by atoms with Crippen molar-refractivity contribution in [2.45, 2.75) is 57.5 Å². The minimum atomic E-state index is -0.202. The third-order valence-electron chi connectivity index (χ3n) is 4.71. The predicted molar refractivity (Wildman–Crippen MR) is 97.6 cm³/mol. The highest BCUT2D eigenvalue weighted by molar-refractivity contribution is 5.92. The van der Waals surface area contributed by atoms with E-state index in [4.69, 9.17) is 0 Å². The molecule has 25 heavy (non-hydrogen) atoms. The molecule has 3 rings (SSSR count). The van der Waals surface area contributed by atoms with Crippen LogP contribution in [0.1, 0.15) is 61.0 Å². The molecule has 0 unspecified atom stereocenters. The number of carbonyl (C=O) groups excluding carboxylic acids is 1. The Morgan fingerprint density at radius 2 is 1.68 bits per heavy atom. The van der Waals surface area contributed by atoms with Gasteiger partial charge in [-0.1, -0.05) is 62.4 Å². The summed E-state index contributed by atoms with van der Waals surface area (Å²) in [6, 6.07) is 12.8. The molecule has 1 aromatic carbocycles. The topological polar surface area (TPSA) is 64.0 Å². The second-order valence-electron chi connectivity index (χ2n) is 6.72. The maximum absolute atomic E-state index is 12.5. The lowest BCUT2D eigenvalue weighted by atomic mass is 9.96. The third kappa shape index (κ3) is 5.02. The number of nitrogens with one attached hydrogen (secondary N) is 1. The van der Waals surface area contributed by atoms with Gasteiger partial charge in [0.05, 0.1) is 6.54 Å². The van der Waals surface area contributed by atoms with Gasteiger partial charge in [-0.25, -0.2) is 4.68 Å². The molecule has 2 aromatic rings. The minimum Gasteiger partial charge on any atom is -0.348 e. The maximum Gasteiger partial charge on any atom is 0.271 e. The van der Waals surface area contributed by atoms with Gasteiger partial charge in [0.25, 0.3) is 11.5 Å². The van der Waals surface area contributed by atoms with E-state index < -0.39 is 0 Å². The quantitative estimate of drug-likeness (QED) is 0.931. The summed E-state index contributed by atoms with van der Waals surface area (Å²) in [7, 11) is 0. The van der Waals surface area contributed by atoms with E-state index in [9.17, 15) is 9.59 Å². The minimum absolute atomic E-state index is 0.188. The van der Waals surface area contributed by atoms with E-state index in [1.165, 1.54) is 36.1 Å². The Balaban J connectivity index is 1.70. The Morgan fingerprint density at radius 3 is 2.40 bits per heavy atom. The first kappa shape index (κ1) is 17.4. The van der Waals surface area contributed by atoms with Crippen LogP contribution in [0.4, 0.5) is 0 Å². The highest BCUT2D eigenvalue weighted by atomic mass is 16.2. The summed E-state index contributed by atoms with van der Waals surface area (Å²) >= 11 is 0. The van der Waals surface area contributed by atoms with Crippen molar-refractivity contribution in [1.82, 2.24) is 15.1 Å². The highest BCUT2D eigenvalue weighted by Crippen LogP contribution is 2.17. The van der Waals surface area contributed by atoms with Gasteiger partial charge in [0.2, 0.25) is 0 Å². The van der Waals surface area contributed by atoms with E-state index in [1.807, 2.05) is 30.3 Å². The summed E-state index contributed by atoms with van der Waals surface area (Å²) in [5.74, 6) is -0.188. The van der Waals surface area contributed by atoms with Crippen molar-refractivity contribution in [3.05, 3.63) is 64.1 Å². The lowest BCUT2D eigenvalue weighted by Crippen LogP contribution is -2.37. The number of rotatable bonds is 4. The summed E-state index contributed by atoms with van der Waals surface area (Å²) in [5, 5.41) is 7.36. The van der Waals surface area contributed by atoms with Crippen LogP contribution >= 0.6 is 0 Å². The van der Waals surface area contributed by atoms with Gasteiger partial charge in [0.15, 0.2) is 0 Å². The summed E-state index contributed by atoms with van der Waals surface area (Å²) in [5.41, 5.74) is 1.08. The van der Waals surface area contributed by atoms with Crippen LogP contribution in [0.25, 0.3) is 0 Å². The second-order valence-corrected chi connectivity index (χ2v) is 6.72. The molecule has 5 heteroatoms. The molecule has 1 heterocycles. The van der Waals surface area contributed by atoms with Crippen LogP contribution in [0, 0.1) is 0 Å². The molecule has 1 aliphatic carbocycles. The molecule has 0 atom stereocenters. The Hall–Kier alpha value is -2.43. The van der Waals surface area contributed by atoms with Crippen LogP contribution < -0.4 is 10.9 Å². The molecule has 0 saturated heterocycles. The number of carbonyl (C=O) groups is 1. The van der Waals surface area contributed by atoms with E-state index in [-0.39, 0.29) is 17.5 Å². The van der Waals surface area contributed by atoms with Crippen LogP contribution in [-0.4, -0.2) is 21.7 Å². The van der Waals surface area contributed by atoms with Crippen molar-refractivity contribution < 1.29 is 4.79 Å². The normalized spacial score (nSPS) is 16.0. The van der Waals surface area contributed by atoms with Crippen molar-refractivity contribution in [3.8, 4) is 0 Å². The standard InChI is InChI=1S/C20H25N3O2/c24-19-14-13-18(22-23(19)15-16-9-5-4-6-10-16)20(25)21-17-11-7-2-1-3-8-12-17/h4-6,9-10,13-14,17H,1-3,7-8,11-12,15H2,(H,21,25). The molecule has 1 aliphatic rings. The van der Waals surface area contributed by atoms with Crippen LogP contribution in [0.15, 0.2) is 47.3 Å². The zero-order valence-electron chi connectivity index (χ0n) is 14.5. The summed E-state index contributed by atoms with van der Waals surface area (Å²) in [6.45, 7) is 0.365. The van der Waals surface area contributed by atoms with Gasteiger partial charge in [-0.05, 0) is 24.5 Å². The monoisotopic (exact) mass is 339 g/mol.